The minimum Gasteiger partial charge on any atom is -0.494 e. The molecule has 1 aromatic heterocycles. The number of ether oxygens (including phenoxy) is 2. The zero-order valence-corrected chi connectivity index (χ0v) is 17.9. The zero-order chi connectivity index (χ0) is 21.8. The average molecular weight is 421 g/mol. The molecule has 0 saturated carbocycles. The van der Waals surface area contributed by atoms with Crippen LogP contribution in [0.15, 0.2) is 57.7 Å². The van der Waals surface area contributed by atoms with E-state index < -0.39 is 6.04 Å². The third kappa shape index (κ3) is 4.08. The first kappa shape index (κ1) is 21.1. The number of nitrogens with zero attached hydrogens (tertiary/aromatic N) is 1. The Balaban J connectivity index is 1.81. The van der Waals surface area contributed by atoms with Crippen LogP contribution in [0.5, 0.6) is 5.75 Å². The Kier molecular flexibility index (Phi) is 6.37. The summed E-state index contributed by atoms with van der Waals surface area (Å²) in [4.78, 5) is 28.5. The molecule has 0 bridgehead atoms. The summed E-state index contributed by atoms with van der Waals surface area (Å²) >= 11 is 0. The fourth-order valence-electron chi connectivity index (χ4n) is 4.02. The van der Waals surface area contributed by atoms with Crippen molar-refractivity contribution in [3.05, 3.63) is 75.6 Å². The van der Waals surface area contributed by atoms with E-state index in [2.05, 4.69) is 0 Å². The topological polar surface area (TPSA) is 69.0 Å². The van der Waals surface area contributed by atoms with Gasteiger partial charge in [-0.2, -0.15) is 0 Å². The van der Waals surface area contributed by atoms with E-state index >= 15 is 0 Å². The summed E-state index contributed by atoms with van der Waals surface area (Å²) in [5.74, 6) is 0.587. The van der Waals surface area contributed by atoms with Crippen molar-refractivity contribution in [2.75, 3.05) is 26.4 Å². The van der Waals surface area contributed by atoms with E-state index in [1.165, 1.54) is 0 Å². The molecule has 2 heterocycles. The van der Waals surface area contributed by atoms with Crippen LogP contribution in [-0.4, -0.2) is 37.2 Å². The van der Waals surface area contributed by atoms with Gasteiger partial charge in [0.05, 0.1) is 23.6 Å². The number of amides is 1. The van der Waals surface area contributed by atoms with Crippen molar-refractivity contribution < 1.29 is 18.7 Å². The van der Waals surface area contributed by atoms with Crippen LogP contribution in [-0.2, 0) is 4.74 Å². The molecule has 0 fully saturated rings. The monoisotopic (exact) mass is 421 g/mol. The molecular weight excluding hydrogens is 394 g/mol. The van der Waals surface area contributed by atoms with E-state index in [1.807, 2.05) is 38.1 Å². The second-order valence-corrected chi connectivity index (χ2v) is 7.54. The summed E-state index contributed by atoms with van der Waals surface area (Å²) in [6, 6.07) is 14.2. The highest BCUT2D eigenvalue weighted by Gasteiger charge is 2.42. The van der Waals surface area contributed by atoms with Crippen molar-refractivity contribution in [2.45, 2.75) is 32.7 Å². The van der Waals surface area contributed by atoms with Crippen molar-refractivity contribution in [1.82, 2.24) is 4.90 Å². The van der Waals surface area contributed by atoms with Crippen LogP contribution < -0.4 is 10.2 Å². The summed E-state index contributed by atoms with van der Waals surface area (Å²) in [5, 5.41) is 0.480. The average Bonchev–Trinajstić information content (AvgIpc) is 3.07. The number of benzene rings is 2. The number of hydrogen-bond acceptors (Lipinski definition) is 5. The summed E-state index contributed by atoms with van der Waals surface area (Å²) in [7, 11) is 0. The molecule has 4 rings (SSSR count). The summed E-state index contributed by atoms with van der Waals surface area (Å²) in [5.41, 5.74) is 1.49. The number of rotatable bonds is 9. The molecule has 6 heteroatoms. The molecule has 1 aliphatic heterocycles. The van der Waals surface area contributed by atoms with E-state index in [0.717, 1.165) is 17.7 Å². The Morgan fingerprint density at radius 1 is 1.03 bits per heavy atom. The fraction of sp³-hybridized carbons (Fsp3) is 0.360. The molecule has 0 unspecified atom stereocenters. The molecule has 3 aromatic rings. The largest absolute Gasteiger partial charge is 0.494 e. The second-order valence-electron chi connectivity index (χ2n) is 7.54. The van der Waals surface area contributed by atoms with Crippen molar-refractivity contribution in [3.63, 3.8) is 0 Å². The van der Waals surface area contributed by atoms with Gasteiger partial charge in [0.15, 0.2) is 5.43 Å². The third-order valence-corrected chi connectivity index (χ3v) is 5.41. The maximum absolute atomic E-state index is 13.4. The van der Waals surface area contributed by atoms with Gasteiger partial charge in [-0.3, -0.25) is 9.59 Å². The van der Waals surface area contributed by atoms with Gasteiger partial charge < -0.3 is 18.8 Å². The van der Waals surface area contributed by atoms with Gasteiger partial charge in [-0.05, 0) is 49.6 Å². The van der Waals surface area contributed by atoms with Crippen molar-refractivity contribution in [3.8, 4) is 5.75 Å². The maximum atomic E-state index is 13.4. The van der Waals surface area contributed by atoms with Crippen LogP contribution in [0.2, 0.25) is 0 Å². The molecule has 1 aliphatic rings. The minimum atomic E-state index is -0.518. The van der Waals surface area contributed by atoms with E-state index in [0.29, 0.717) is 49.3 Å². The lowest BCUT2D eigenvalue weighted by Gasteiger charge is -2.25. The highest BCUT2D eigenvalue weighted by Crippen LogP contribution is 2.39. The molecule has 162 valence electrons. The Morgan fingerprint density at radius 2 is 1.87 bits per heavy atom. The molecular formula is C25H27NO5. The minimum absolute atomic E-state index is 0.130. The maximum Gasteiger partial charge on any atom is 0.290 e. The summed E-state index contributed by atoms with van der Waals surface area (Å²) in [6.45, 7) is 6.23. The molecule has 1 atom stereocenters. The van der Waals surface area contributed by atoms with Crippen molar-refractivity contribution in [1.29, 1.82) is 0 Å². The van der Waals surface area contributed by atoms with Gasteiger partial charge in [0.2, 0.25) is 5.76 Å². The highest BCUT2D eigenvalue weighted by atomic mass is 16.5. The zero-order valence-electron chi connectivity index (χ0n) is 17.9. The molecule has 1 amide bonds. The summed E-state index contributed by atoms with van der Waals surface area (Å²) < 4.78 is 17.2. The van der Waals surface area contributed by atoms with Crippen LogP contribution >= 0.6 is 0 Å². The molecule has 0 N–H and O–H groups in total. The number of carbonyl (C=O) groups excluding carboxylic acids is 1. The second kappa shape index (κ2) is 9.35. The van der Waals surface area contributed by atoms with Gasteiger partial charge in [0.1, 0.15) is 11.3 Å². The Bertz CT molecular complexity index is 1140. The highest BCUT2D eigenvalue weighted by molar-refractivity contribution is 5.99. The Labute approximate surface area is 181 Å². The predicted octanol–water partition coefficient (Wildman–Crippen LogP) is 4.55. The van der Waals surface area contributed by atoms with E-state index in [9.17, 15) is 9.59 Å². The molecule has 2 aromatic carbocycles. The lowest BCUT2D eigenvalue weighted by molar-refractivity contribution is 0.0695. The number of fused-ring (bicyclic) bond motifs is 2. The molecule has 6 nitrogen and oxygen atoms in total. The van der Waals surface area contributed by atoms with Crippen LogP contribution in [0.25, 0.3) is 11.0 Å². The smallest absolute Gasteiger partial charge is 0.290 e. The van der Waals surface area contributed by atoms with Gasteiger partial charge in [-0.25, -0.2) is 0 Å². The lowest BCUT2D eigenvalue weighted by atomic mass is 9.98. The van der Waals surface area contributed by atoms with Crippen LogP contribution in [0.4, 0.5) is 0 Å². The Morgan fingerprint density at radius 3 is 2.68 bits per heavy atom. The van der Waals surface area contributed by atoms with Gasteiger partial charge in [-0.1, -0.05) is 31.2 Å². The van der Waals surface area contributed by atoms with E-state index in [1.54, 1.807) is 29.2 Å². The first-order chi connectivity index (χ1) is 15.2. The van der Waals surface area contributed by atoms with Crippen LogP contribution in [0, 0.1) is 0 Å². The van der Waals surface area contributed by atoms with E-state index in [-0.39, 0.29) is 17.1 Å². The van der Waals surface area contributed by atoms with Crippen molar-refractivity contribution in [2.24, 2.45) is 0 Å². The lowest BCUT2D eigenvalue weighted by Crippen LogP contribution is -2.31. The summed E-state index contributed by atoms with van der Waals surface area (Å²) in [6.07, 6.45) is 1.57. The van der Waals surface area contributed by atoms with Crippen LogP contribution in [0.3, 0.4) is 0 Å². The third-order valence-electron chi connectivity index (χ3n) is 5.41. The van der Waals surface area contributed by atoms with Gasteiger partial charge >= 0.3 is 0 Å². The fourth-order valence-corrected chi connectivity index (χ4v) is 4.02. The SMILES string of the molecule is CCCOc1cccc([C@H]2c3c(oc4ccccc4c3=O)C(=O)N2CCCOCC)c1. The normalized spacial score (nSPS) is 15.5. The van der Waals surface area contributed by atoms with Crippen LogP contribution in [0.1, 0.15) is 54.4 Å². The quantitative estimate of drug-likeness (QED) is 0.474. The number of para-hydroxylation sites is 1. The molecule has 0 spiro atoms. The van der Waals surface area contributed by atoms with Gasteiger partial charge in [-0.15, -0.1) is 0 Å². The number of carbonyl (C=O) groups is 1. The standard InChI is InChI=1S/C25H27NO5/c1-3-14-30-18-10-7-9-17(16-18)22-21-23(27)19-11-5-6-12-20(19)31-24(21)25(28)26(22)13-8-15-29-4-2/h5-7,9-12,16,22H,3-4,8,13-15H2,1-2H3/t22-/m0/s1. The molecule has 0 aliphatic carbocycles. The predicted molar refractivity (Wildman–Crippen MR) is 119 cm³/mol. The molecule has 0 saturated heterocycles. The first-order valence-corrected chi connectivity index (χ1v) is 10.8. The van der Waals surface area contributed by atoms with Gasteiger partial charge in [0, 0.05) is 19.8 Å². The molecule has 0 radical (unpaired) electrons. The van der Waals surface area contributed by atoms with E-state index in [4.69, 9.17) is 13.9 Å². The molecule has 31 heavy (non-hydrogen) atoms. The van der Waals surface area contributed by atoms with Gasteiger partial charge in [0.25, 0.3) is 5.91 Å². The number of hydrogen-bond donors (Lipinski definition) is 0. The Hall–Kier alpha value is -3.12. The first-order valence-electron chi connectivity index (χ1n) is 10.8. The van der Waals surface area contributed by atoms with Crippen molar-refractivity contribution >= 4 is 16.9 Å².